The Morgan fingerprint density at radius 2 is 1.74 bits per heavy atom. The Kier molecular flexibility index (Phi) is 5.53. The molecule has 172 valence electrons. The van der Waals surface area contributed by atoms with Crippen molar-refractivity contribution in [1.29, 1.82) is 0 Å². The van der Waals surface area contributed by atoms with Crippen molar-refractivity contribution in [2.24, 2.45) is 0 Å². The fourth-order valence-electron chi connectivity index (χ4n) is 4.49. The van der Waals surface area contributed by atoms with E-state index in [4.69, 9.17) is 4.74 Å². The van der Waals surface area contributed by atoms with E-state index in [-0.39, 0.29) is 30.0 Å². The summed E-state index contributed by atoms with van der Waals surface area (Å²) in [6.07, 6.45) is 0. The minimum atomic E-state index is -1.24. The van der Waals surface area contributed by atoms with Gasteiger partial charge in [0, 0.05) is 11.3 Å². The third-order valence-corrected chi connectivity index (χ3v) is 7.42. The van der Waals surface area contributed by atoms with Crippen molar-refractivity contribution in [3.63, 3.8) is 0 Å². The number of para-hydroxylation sites is 3. The van der Waals surface area contributed by atoms with Gasteiger partial charge in [0.1, 0.15) is 12.3 Å². The first-order chi connectivity index (χ1) is 16.5. The largest absolute Gasteiger partial charge is 0.495 e. The Morgan fingerprint density at radius 3 is 2.50 bits per heavy atom. The first-order valence-electron chi connectivity index (χ1n) is 10.8. The van der Waals surface area contributed by atoms with Crippen molar-refractivity contribution in [2.45, 2.75) is 11.8 Å². The van der Waals surface area contributed by atoms with E-state index in [1.807, 2.05) is 61.5 Å². The van der Waals surface area contributed by atoms with Crippen LogP contribution < -0.4 is 19.9 Å². The molecule has 1 saturated heterocycles. The predicted octanol–water partition coefficient (Wildman–Crippen LogP) is 3.92. The number of carbonyl (C=O) groups excluding carboxylic acids is 3. The van der Waals surface area contributed by atoms with Crippen molar-refractivity contribution in [2.75, 3.05) is 34.5 Å². The topological polar surface area (TPSA) is 79.0 Å². The second-order valence-electron chi connectivity index (χ2n) is 8.15. The third kappa shape index (κ3) is 3.42. The summed E-state index contributed by atoms with van der Waals surface area (Å²) in [4.78, 5) is 41.9. The Balaban J connectivity index is 1.51. The molecule has 0 aliphatic carbocycles. The molecule has 34 heavy (non-hydrogen) atoms. The highest BCUT2D eigenvalue weighted by Gasteiger charge is 2.61. The molecule has 3 amide bonds. The van der Waals surface area contributed by atoms with Crippen LogP contribution in [0.5, 0.6) is 5.75 Å². The number of hydrogen-bond acceptors (Lipinski definition) is 5. The number of benzene rings is 3. The second kappa shape index (κ2) is 8.53. The van der Waals surface area contributed by atoms with Gasteiger partial charge >= 0.3 is 0 Å². The van der Waals surface area contributed by atoms with Crippen LogP contribution in [0.1, 0.15) is 11.1 Å². The van der Waals surface area contributed by atoms with Crippen LogP contribution in [0, 0.1) is 6.92 Å². The van der Waals surface area contributed by atoms with Gasteiger partial charge in [-0.05, 0) is 37.3 Å². The van der Waals surface area contributed by atoms with Crippen LogP contribution in [0.4, 0.5) is 17.1 Å². The molecule has 0 radical (unpaired) electrons. The summed E-state index contributed by atoms with van der Waals surface area (Å²) in [7, 11) is 1.53. The first kappa shape index (κ1) is 22.0. The lowest BCUT2D eigenvalue weighted by molar-refractivity contribution is -0.124. The quantitative estimate of drug-likeness (QED) is 0.608. The van der Waals surface area contributed by atoms with Gasteiger partial charge in [-0.25, -0.2) is 0 Å². The summed E-state index contributed by atoms with van der Waals surface area (Å²) in [5, 5.41) is 2.83. The number of amides is 3. The average Bonchev–Trinajstić information content (AvgIpc) is 3.31. The molecule has 3 aromatic rings. The molecular formula is C26H23N3O4S. The number of rotatable bonds is 5. The molecule has 2 aliphatic rings. The number of anilines is 3. The highest BCUT2D eigenvalue weighted by Crippen LogP contribution is 2.55. The zero-order chi connectivity index (χ0) is 23.9. The lowest BCUT2D eigenvalue weighted by atomic mass is 10.0. The zero-order valence-corrected chi connectivity index (χ0v) is 19.6. The van der Waals surface area contributed by atoms with E-state index >= 15 is 0 Å². The maximum atomic E-state index is 14.0. The number of nitrogens with one attached hydrogen (secondary N) is 1. The minimum Gasteiger partial charge on any atom is -0.495 e. The monoisotopic (exact) mass is 473 g/mol. The van der Waals surface area contributed by atoms with Gasteiger partial charge in [0.15, 0.2) is 0 Å². The molecule has 3 aromatic carbocycles. The first-order valence-corrected chi connectivity index (χ1v) is 11.8. The summed E-state index contributed by atoms with van der Waals surface area (Å²) in [6.45, 7) is 1.78. The Hall–Kier alpha value is -3.78. The van der Waals surface area contributed by atoms with Gasteiger partial charge < -0.3 is 10.1 Å². The molecular weight excluding hydrogens is 450 g/mol. The van der Waals surface area contributed by atoms with Crippen LogP contribution in [-0.4, -0.2) is 37.1 Å². The Labute approximate surface area is 201 Å². The summed E-state index contributed by atoms with van der Waals surface area (Å²) >= 11 is 1.29. The van der Waals surface area contributed by atoms with E-state index in [0.29, 0.717) is 28.4 Å². The van der Waals surface area contributed by atoms with Crippen molar-refractivity contribution < 1.29 is 19.1 Å². The molecule has 1 N–H and O–H groups in total. The molecule has 0 bridgehead atoms. The molecule has 1 unspecified atom stereocenters. The average molecular weight is 474 g/mol. The normalized spacial score (nSPS) is 19.0. The van der Waals surface area contributed by atoms with Gasteiger partial charge in [-0.15, -0.1) is 11.8 Å². The molecule has 5 rings (SSSR count). The highest BCUT2D eigenvalue weighted by atomic mass is 32.2. The molecule has 2 aliphatic heterocycles. The minimum absolute atomic E-state index is 0.141. The second-order valence-corrected chi connectivity index (χ2v) is 9.32. The summed E-state index contributed by atoms with van der Waals surface area (Å²) < 4.78 is 5.31. The fraction of sp³-hybridized carbons (Fsp3) is 0.192. The molecule has 8 heteroatoms. The number of methoxy groups -OCH3 is 1. The lowest BCUT2D eigenvalue weighted by Crippen LogP contribution is -2.50. The number of hydrogen-bond donors (Lipinski definition) is 1. The third-order valence-electron chi connectivity index (χ3n) is 6.04. The van der Waals surface area contributed by atoms with E-state index in [1.165, 1.54) is 23.8 Å². The molecule has 1 fully saturated rings. The Bertz CT molecular complexity index is 1290. The van der Waals surface area contributed by atoms with E-state index < -0.39 is 4.87 Å². The highest BCUT2D eigenvalue weighted by molar-refractivity contribution is 8.02. The van der Waals surface area contributed by atoms with Gasteiger partial charge in [-0.3, -0.25) is 24.2 Å². The van der Waals surface area contributed by atoms with Crippen LogP contribution in [-0.2, 0) is 19.3 Å². The molecule has 0 aromatic heterocycles. The van der Waals surface area contributed by atoms with E-state index in [9.17, 15) is 14.4 Å². The SMILES string of the molecule is COc1ccccc1NC(=O)CN1C(=O)C2(SCC(=O)N2c2ccc(C)cc2)c2ccccc21. The van der Waals surface area contributed by atoms with E-state index in [1.54, 1.807) is 23.1 Å². The maximum Gasteiger partial charge on any atom is 0.269 e. The molecule has 1 atom stereocenters. The Morgan fingerprint density at radius 1 is 1.03 bits per heavy atom. The summed E-state index contributed by atoms with van der Waals surface area (Å²) in [5.74, 6) is -0.101. The van der Waals surface area contributed by atoms with Crippen LogP contribution in [0.25, 0.3) is 0 Å². The number of nitrogens with zero attached hydrogens (tertiary/aromatic N) is 2. The standard InChI is InChI=1S/C26H23N3O4S/c1-17-11-13-18(14-12-17)29-24(31)16-34-26(29)19-7-3-5-9-21(19)28(25(26)32)15-23(30)27-20-8-4-6-10-22(20)33-2/h3-14H,15-16H2,1-2H3,(H,27,30). The summed E-state index contributed by atoms with van der Waals surface area (Å²) in [6, 6.07) is 22.0. The number of aryl methyl sites for hydroxylation is 1. The smallest absolute Gasteiger partial charge is 0.269 e. The molecule has 0 saturated carbocycles. The summed E-state index contributed by atoms with van der Waals surface area (Å²) in [5.41, 5.74) is 3.58. The van der Waals surface area contributed by atoms with Gasteiger partial charge in [-0.1, -0.05) is 48.0 Å². The number of fused-ring (bicyclic) bond motifs is 2. The fourth-order valence-corrected chi connectivity index (χ4v) is 5.85. The van der Waals surface area contributed by atoms with Gasteiger partial charge in [-0.2, -0.15) is 0 Å². The van der Waals surface area contributed by atoms with Gasteiger partial charge in [0.25, 0.3) is 5.91 Å². The number of ether oxygens (including phenoxy) is 1. The zero-order valence-electron chi connectivity index (χ0n) is 18.8. The van der Waals surface area contributed by atoms with E-state index in [2.05, 4.69) is 5.32 Å². The molecule has 2 heterocycles. The maximum absolute atomic E-state index is 14.0. The predicted molar refractivity (Wildman–Crippen MR) is 133 cm³/mol. The van der Waals surface area contributed by atoms with Crippen LogP contribution in [0.2, 0.25) is 0 Å². The van der Waals surface area contributed by atoms with Crippen molar-refractivity contribution in [3.8, 4) is 5.75 Å². The number of thioether (sulfide) groups is 1. The van der Waals surface area contributed by atoms with E-state index in [0.717, 1.165) is 5.56 Å². The lowest BCUT2D eigenvalue weighted by Gasteiger charge is -2.33. The van der Waals surface area contributed by atoms with Gasteiger partial charge in [0.2, 0.25) is 16.7 Å². The van der Waals surface area contributed by atoms with Gasteiger partial charge in [0.05, 0.1) is 24.2 Å². The van der Waals surface area contributed by atoms with Crippen LogP contribution in [0.15, 0.2) is 72.8 Å². The van der Waals surface area contributed by atoms with Crippen LogP contribution in [0.3, 0.4) is 0 Å². The molecule has 1 spiro atoms. The molecule has 7 nitrogen and oxygen atoms in total. The van der Waals surface area contributed by atoms with Crippen molar-refractivity contribution >= 4 is 46.5 Å². The number of carbonyl (C=O) groups is 3. The van der Waals surface area contributed by atoms with Crippen molar-refractivity contribution in [1.82, 2.24) is 0 Å². The van der Waals surface area contributed by atoms with Crippen LogP contribution >= 0.6 is 11.8 Å². The van der Waals surface area contributed by atoms with Crippen molar-refractivity contribution in [3.05, 3.63) is 83.9 Å².